The first kappa shape index (κ1) is 23.1. The average molecular weight is 497 g/mol. The number of piperazine rings is 1. The second-order valence-electron chi connectivity index (χ2n) is 9.88. The number of fused-ring (bicyclic) bond motifs is 3. The quantitative estimate of drug-likeness (QED) is 0.529. The molecule has 2 atom stereocenters. The van der Waals surface area contributed by atoms with E-state index in [2.05, 4.69) is 20.9 Å². The highest BCUT2D eigenvalue weighted by Gasteiger charge is 2.42. The van der Waals surface area contributed by atoms with Crippen molar-refractivity contribution in [2.45, 2.75) is 44.1 Å². The van der Waals surface area contributed by atoms with Crippen LogP contribution >= 0.6 is 0 Å². The SMILES string of the molecule is O=C(CN1CC2CCC(C1)N2c1ccc(C(F)(F)F)cn1)N1CCc2cc(-c3ccccc3)oc2C1. The summed E-state index contributed by atoms with van der Waals surface area (Å²) in [4.78, 5) is 23.5. The lowest BCUT2D eigenvalue weighted by Crippen LogP contribution is -2.56. The predicted molar refractivity (Wildman–Crippen MR) is 128 cm³/mol. The molecule has 3 aliphatic rings. The summed E-state index contributed by atoms with van der Waals surface area (Å²) in [7, 11) is 0. The van der Waals surface area contributed by atoms with Gasteiger partial charge < -0.3 is 14.2 Å². The van der Waals surface area contributed by atoms with Crippen molar-refractivity contribution in [3.05, 3.63) is 71.6 Å². The predicted octanol–water partition coefficient (Wildman–Crippen LogP) is 4.60. The van der Waals surface area contributed by atoms with Crippen LogP contribution in [0.25, 0.3) is 11.3 Å². The van der Waals surface area contributed by atoms with Crippen LogP contribution in [-0.2, 0) is 23.9 Å². The minimum atomic E-state index is -4.39. The molecule has 2 unspecified atom stereocenters. The van der Waals surface area contributed by atoms with Crippen molar-refractivity contribution >= 4 is 11.7 Å². The molecule has 0 aliphatic carbocycles. The monoisotopic (exact) mass is 496 g/mol. The first-order valence-corrected chi connectivity index (χ1v) is 12.3. The Hall–Kier alpha value is -3.33. The highest BCUT2D eigenvalue weighted by molar-refractivity contribution is 5.78. The van der Waals surface area contributed by atoms with Crippen LogP contribution in [0, 0.1) is 0 Å². The van der Waals surface area contributed by atoms with Gasteiger partial charge in [-0.2, -0.15) is 13.2 Å². The summed E-state index contributed by atoms with van der Waals surface area (Å²) < 4.78 is 44.8. The lowest BCUT2D eigenvalue weighted by Gasteiger charge is -2.42. The second kappa shape index (κ2) is 8.96. The van der Waals surface area contributed by atoms with Crippen LogP contribution in [0.2, 0.25) is 0 Å². The molecule has 9 heteroatoms. The third-order valence-corrected chi connectivity index (χ3v) is 7.55. The van der Waals surface area contributed by atoms with Gasteiger partial charge in [-0.25, -0.2) is 4.98 Å². The molecule has 3 aromatic rings. The number of rotatable bonds is 4. The highest BCUT2D eigenvalue weighted by atomic mass is 19.4. The van der Waals surface area contributed by atoms with Crippen molar-refractivity contribution in [3.63, 3.8) is 0 Å². The molecule has 2 saturated heterocycles. The number of likely N-dealkylation sites (tertiary alicyclic amines) is 1. The van der Waals surface area contributed by atoms with Gasteiger partial charge in [-0.3, -0.25) is 9.69 Å². The molecule has 3 aliphatic heterocycles. The van der Waals surface area contributed by atoms with Crippen LogP contribution in [-0.4, -0.2) is 59.0 Å². The molecule has 1 aromatic carbocycles. The van der Waals surface area contributed by atoms with Crippen LogP contribution in [0.4, 0.5) is 19.0 Å². The number of amides is 1. The van der Waals surface area contributed by atoms with E-state index in [9.17, 15) is 18.0 Å². The van der Waals surface area contributed by atoms with E-state index >= 15 is 0 Å². The smallest absolute Gasteiger partial charge is 0.417 e. The summed E-state index contributed by atoms with van der Waals surface area (Å²) in [6.07, 6.45) is -0.819. The van der Waals surface area contributed by atoms with Gasteiger partial charge in [0.2, 0.25) is 5.91 Å². The minimum absolute atomic E-state index is 0.0822. The van der Waals surface area contributed by atoms with Crippen molar-refractivity contribution in [2.75, 3.05) is 31.1 Å². The highest BCUT2D eigenvalue weighted by Crippen LogP contribution is 2.36. The molecule has 0 spiro atoms. The van der Waals surface area contributed by atoms with Gasteiger partial charge >= 0.3 is 6.18 Å². The minimum Gasteiger partial charge on any atom is -0.459 e. The Morgan fingerprint density at radius 1 is 1.06 bits per heavy atom. The largest absolute Gasteiger partial charge is 0.459 e. The van der Waals surface area contributed by atoms with Gasteiger partial charge in [0.05, 0.1) is 18.7 Å². The summed E-state index contributed by atoms with van der Waals surface area (Å²) in [6, 6.07) is 14.9. The van der Waals surface area contributed by atoms with E-state index in [1.165, 1.54) is 6.07 Å². The summed E-state index contributed by atoms with van der Waals surface area (Å²) in [5.74, 6) is 2.35. The van der Waals surface area contributed by atoms with Crippen molar-refractivity contribution in [1.82, 2.24) is 14.8 Å². The summed E-state index contributed by atoms with van der Waals surface area (Å²) in [6.45, 7) is 2.87. The van der Waals surface area contributed by atoms with Crippen molar-refractivity contribution < 1.29 is 22.4 Å². The molecule has 6 nitrogen and oxygen atoms in total. The van der Waals surface area contributed by atoms with E-state index in [1.807, 2.05) is 35.2 Å². The van der Waals surface area contributed by atoms with Crippen molar-refractivity contribution in [1.29, 1.82) is 0 Å². The number of hydrogen-bond donors (Lipinski definition) is 0. The number of carbonyl (C=O) groups is 1. The molecule has 6 rings (SSSR count). The first-order valence-electron chi connectivity index (χ1n) is 12.3. The third-order valence-electron chi connectivity index (χ3n) is 7.55. The number of halogens is 3. The van der Waals surface area contributed by atoms with Crippen molar-refractivity contribution in [2.24, 2.45) is 0 Å². The number of furan rings is 1. The molecular weight excluding hydrogens is 469 g/mol. The normalized spacial score (nSPS) is 22.1. The summed E-state index contributed by atoms with van der Waals surface area (Å²) in [5.41, 5.74) is 1.45. The van der Waals surface area contributed by atoms with Crippen LogP contribution < -0.4 is 4.90 Å². The molecular formula is C27H27F3N4O2. The Labute approximate surface area is 207 Å². The molecule has 36 heavy (non-hydrogen) atoms. The number of nitrogens with zero attached hydrogens (tertiary/aromatic N) is 4. The van der Waals surface area contributed by atoms with Gasteiger partial charge in [-0.15, -0.1) is 0 Å². The molecule has 2 bridgehead atoms. The molecule has 2 aromatic heterocycles. The first-order chi connectivity index (χ1) is 17.3. The standard InChI is InChI=1S/C27H27F3N4O2/c28-27(29,30)20-6-9-25(31-13-20)34-21-7-8-22(34)15-32(14-21)17-26(35)33-11-10-19-12-23(36-24(19)16-33)18-4-2-1-3-5-18/h1-6,9,12-13,21-22H,7-8,10-11,14-17H2. The van der Waals surface area contributed by atoms with Gasteiger partial charge in [0.15, 0.2) is 0 Å². The molecule has 0 N–H and O–H groups in total. The molecule has 5 heterocycles. The maximum Gasteiger partial charge on any atom is 0.417 e. The fourth-order valence-electron chi connectivity index (χ4n) is 5.77. The number of benzene rings is 1. The second-order valence-corrected chi connectivity index (χ2v) is 9.88. The molecule has 0 saturated carbocycles. The third kappa shape index (κ3) is 4.36. The molecule has 188 valence electrons. The summed E-state index contributed by atoms with van der Waals surface area (Å²) >= 11 is 0. The van der Waals surface area contributed by atoms with Gasteiger partial charge in [0.25, 0.3) is 0 Å². The molecule has 0 radical (unpaired) electrons. The van der Waals surface area contributed by atoms with E-state index in [-0.39, 0.29) is 18.0 Å². The van der Waals surface area contributed by atoms with Crippen LogP contribution in [0.3, 0.4) is 0 Å². The zero-order valence-electron chi connectivity index (χ0n) is 19.7. The van der Waals surface area contributed by atoms with Crippen LogP contribution in [0.1, 0.15) is 29.7 Å². The van der Waals surface area contributed by atoms with Gasteiger partial charge in [-0.1, -0.05) is 30.3 Å². The number of anilines is 1. The fourth-order valence-corrected chi connectivity index (χ4v) is 5.77. The number of pyridine rings is 1. The zero-order valence-corrected chi connectivity index (χ0v) is 19.7. The fraction of sp³-hybridized carbons (Fsp3) is 0.407. The Bertz CT molecular complexity index is 1230. The van der Waals surface area contributed by atoms with Gasteiger partial charge in [-0.05, 0) is 43.0 Å². The maximum atomic E-state index is 13.2. The molecule has 1 amide bonds. The van der Waals surface area contributed by atoms with Gasteiger partial charge in [0, 0.05) is 43.5 Å². The van der Waals surface area contributed by atoms with E-state index in [1.54, 1.807) is 0 Å². The Morgan fingerprint density at radius 2 is 1.81 bits per heavy atom. The Kier molecular flexibility index (Phi) is 5.75. The zero-order chi connectivity index (χ0) is 24.9. The number of alkyl halides is 3. The topological polar surface area (TPSA) is 52.8 Å². The van der Waals surface area contributed by atoms with E-state index in [0.29, 0.717) is 38.5 Å². The van der Waals surface area contributed by atoms with E-state index in [0.717, 1.165) is 54.2 Å². The maximum absolute atomic E-state index is 13.2. The van der Waals surface area contributed by atoms with E-state index in [4.69, 9.17) is 4.42 Å². The van der Waals surface area contributed by atoms with Gasteiger partial charge in [0.1, 0.15) is 17.3 Å². The Morgan fingerprint density at radius 3 is 2.47 bits per heavy atom. The lowest BCUT2D eigenvalue weighted by atomic mass is 10.1. The van der Waals surface area contributed by atoms with Crippen LogP contribution in [0.15, 0.2) is 59.1 Å². The Balaban J connectivity index is 1.08. The van der Waals surface area contributed by atoms with Crippen molar-refractivity contribution in [3.8, 4) is 11.3 Å². The average Bonchev–Trinajstić information content (AvgIpc) is 3.42. The molecule has 2 fully saturated rings. The number of aromatic nitrogens is 1. The lowest BCUT2D eigenvalue weighted by molar-refractivity contribution is -0.137. The number of carbonyl (C=O) groups excluding carboxylic acids is 1. The van der Waals surface area contributed by atoms with E-state index < -0.39 is 11.7 Å². The summed E-state index contributed by atoms with van der Waals surface area (Å²) in [5, 5.41) is 0. The number of hydrogen-bond acceptors (Lipinski definition) is 5. The van der Waals surface area contributed by atoms with Crippen LogP contribution in [0.5, 0.6) is 0 Å².